The number of carbonyl (C=O) groups is 1. The topological polar surface area (TPSA) is 59.3 Å². The van der Waals surface area contributed by atoms with Crippen molar-refractivity contribution in [1.82, 2.24) is 0 Å². The number of benzene rings is 2. The highest BCUT2D eigenvalue weighted by atomic mass is 79.9. The van der Waals surface area contributed by atoms with Crippen LogP contribution in [-0.2, 0) is 0 Å². The van der Waals surface area contributed by atoms with Gasteiger partial charge in [0.1, 0.15) is 5.75 Å². The number of carbonyl (C=O) groups excluding carboxylic acids is 1. The lowest BCUT2D eigenvalue weighted by Gasteiger charge is -2.13. The second-order valence-electron chi connectivity index (χ2n) is 4.28. The minimum atomic E-state index is -0.0925. The van der Waals surface area contributed by atoms with Crippen LogP contribution in [0.25, 0.3) is 0 Å². The quantitative estimate of drug-likeness (QED) is 0.774. The number of nitriles is 1. The molecule has 0 heterocycles. The van der Waals surface area contributed by atoms with E-state index in [9.17, 15) is 4.79 Å². The fourth-order valence-corrected chi connectivity index (χ4v) is 2.15. The van der Waals surface area contributed by atoms with Gasteiger partial charge in [0.25, 0.3) is 0 Å². The van der Waals surface area contributed by atoms with Crippen molar-refractivity contribution in [1.29, 1.82) is 5.26 Å². The molecule has 0 unspecified atom stereocenters. The van der Waals surface area contributed by atoms with E-state index in [2.05, 4.69) is 15.9 Å². The predicted molar refractivity (Wildman–Crippen MR) is 81.9 cm³/mol. The lowest BCUT2D eigenvalue weighted by atomic mass is 10.1. The lowest BCUT2D eigenvalue weighted by molar-refractivity contribution is 0.101. The molecule has 4 nitrogen and oxygen atoms in total. The Labute approximate surface area is 131 Å². The van der Waals surface area contributed by atoms with Crippen molar-refractivity contribution in [2.24, 2.45) is 0 Å². The van der Waals surface area contributed by atoms with Crippen LogP contribution < -0.4 is 9.47 Å². The van der Waals surface area contributed by atoms with Crippen LogP contribution in [0.4, 0.5) is 0 Å². The van der Waals surface area contributed by atoms with Gasteiger partial charge in [-0.05, 0) is 37.3 Å². The van der Waals surface area contributed by atoms with Crippen LogP contribution in [0.15, 0.2) is 40.9 Å². The third-order valence-corrected chi connectivity index (χ3v) is 3.33. The molecule has 0 amide bonds. The monoisotopic (exact) mass is 345 g/mol. The number of methoxy groups -OCH3 is 1. The molecule has 2 rings (SSSR count). The highest BCUT2D eigenvalue weighted by Gasteiger charge is 2.13. The minimum absolute atomic E-state index is 0.0925. The summed E-state index contributed by atoms with van der Waals surface area (Å²) in [4.78, 5) is 11.7. The lowest BCUT2D eigenvalue weighted by Crippen LogP contribution is -1.98. The van der Waals surface area contributed by atoms with E-state index in [4.69, 9.17) is 14.7 Å². The molecule has 21 heavy (non-hydrogen) atoms. The maximum atomic E-state index is 11.7. The number of Topliss-reactive ketones (excluding diaryl/α,β-unsaturated/α-hetero) is 1. The molecule has 0 atom stereocenters. The smallest absolute Gasteiger partial charge is 0.169 e. The van der Waals surface area contributed by atoms with Gasteiger partial charge in [0.05, 0.1) is 24.3 Å². The van der Waals surface area contributed by atoms with Gasteiger partial charge in [-0.2, -0.15) is 5.26 Å². The molecule has 0 aliphatic carbocycles. The van der Waals surface area contributed by atoms with Gasteiger partial charge in [0.15, 0.2) is 17.3 Å². The fraction of sp³-hybridized carbons (Fsp3) is 0.125. The van der Waals surface area contributed by atoms with Gasteiger partial charge in [-0.15, -0.1) is 0 Å². The summed E-state index contributed by atoms with van der Waals surface area (Å²) in [6.45, 7) is 1.48. The highest BCUT2D eigenvalue weighted by Crippen LogP contribution is 2.35. The zero-order valence-corrected chi connectivity index (χ0v) is 13.1. The summed E-state index contributed by atoms with van der Waals surface area (Å²) in [6.07, 6.45) is 0. The van der Waals surface area contributed by atoms with E-state index in [-0.39, 0.29) is 5.78 Å². The second-order valence-corrected chi connectivity index (χ2v) is 5.19. The van der Waals surface area contributed by atoms with Gasteiger partial charge in [-0.3, -0.25) is 4.79 Å². The molecule has 0 saturated carbocycles. The van der Waals surface area contributed by atoms with E-state index < -0.39 is 0 Å². The van der Waals surface area contributed by atoms with Crippen LogP contribution in [0.5, 0.6) is 17.2 Å². The molecule has 0 aliphatic rings. The molecular formula is C16H12BrNO3. The first-order valence-electron chi connectivity index (χ1n) is 6.11. The summed E-state index contributed by atoms with van der Waals surface area (Å²) in [6, 6.07) is 12.1. The summed E-state index contributed by atoms with van der Waals surface area (Å²) in [5.41, 5.74) is 0.949. The van der Waals surface area contributed by atoms with Gasteiger partial charge in [-0.1, -0.05) is 15.9 Å². The van der Waals surface area contributed by atoms with Crippen molar-refractivity contribution in [3.8, 4) is 23.3 Å². The molecule has 0 bridgehead atoms. The predicted octanol–water partition coefficient (Wildman–Crippen LogP) is 4.32. The van der Waals surface area contributed by atoms with Gasteiger partial charge in [0.2, 0.25) is 0 Å². The van der Waals surface area contributed by atoms with E-state index in [0.717, 1.165) is 4.47 Å². The number of ketones is 1. The zero-order valence-electron chi connectivity index (χ0n) is 11.5. The molecule has 5 heteroatoms. The largest absolute Gasteiger partial charge is 0.493 e. The first-order valence-corrected chi connectivity index (χ1v) is 6.91. The number of halogens is 1. The van der Waals surface area contributed by atoms with Crippen molar-refractivity contribution in [2.45, 2.75) is 6.92 Å². The Bertz CT molecular complexity index is 735. The van der Waals surface area contributed by atoms with Crippen molar-refractivity contribution in [3.63, 3.8) is 0 Å². The normalized spacial score (nSPS) is 9.81. The SMILES string of the molecule is COc1cc(C#N)ccc1Oc1cc(Br)ccc1C(C)=O. The van der Waals surface area contributed by atoms with Crippen LogP contribution in [0.1, 0.15) is 22.8 Å². The summed E-state index contributed by atoms with van der Waals surface area (Å²) in [5, 5.41) is 8.89. The summed E-state index contributed by atoms with van der Waals surface area (Å²) >= 11 is 3.35. The molecule has 0 fully saturated rings. The van der Waals surface area contributed by atoms with Crippen LogP contribution in [0.3, 0.4) is 0 Å². The van der Waals surface area contributed by atoms with Crippen LogP contribution in [0.2, 0.25) is 0 Å². The third-order valence-electron chi connectivity index (χ3n) is 2.84. The Morgan fingerprint density at radius 3 is 2.52 bits per heavy atom. The molecule has 106 valence electrons. The molecule has 0 spiro atoms. The van der Waals surface area contributed by atoms with Crippen molar-refractivity contribution >= 4 is 21.7 Å². The van der Waals surface area contributed by atoms with Crippen LogP contribution >= 0.6 is 15.9 Å². The molecular weight excluding hydrogens is 334 g/mol. The zero-order chi connectivity index (χ0) is 15.4. The molecule has 0 radical (unpaired) electrons. The average molecular weight is 346 g/mol. The third kappa shape index (κ3) is 3.41. The number of nitrogens with zero attached hydrogens (tertiary/aromatic N) is 1. The molecule has 0 aliphatic heterocycles. The van der Waals surface area contributed by atoms with Gasteiger partial charge in [-0.25, -0.2) is 0 Å². The summed E-state index contributed by atoms with van der Waals surface area (Å²) < 4.78 is 11.8. The molecule has 0 saturated heterocycles. The van der Waals surface area contributed by atoms with E-state index in [1.54, 1.807) is 36.4 Å². The molecule has 2 aromatic rings. The Balaban J connectivity index is 2.45. The van der Waals surface area contributed by atoms with Gasteiger partial charge < -0.3 is 9.47 Å². The van der Waals surface area contributed by atoms with E-state index in [1.165, 1.54) is 14.0 Å². The number of ether oxygens (including phenoxy) is 2. The highest BCUT2D eigenvalue weighted by molar-refractivity contribution is 9.10. The van der Waals surface area contributed by atoms with E-state index >= 15 is 0 Å². The number of hydrogen-bond acceptors (Lipinski definition) is 4. The average Bonchev–Trinajstić information content (AvgIpc) is 2.47. The molecule has 2 aromatic carbocycles. The first kappa shape index (κ1) is 15.1. The van der Waals surface area contributed by atoms with Crippen molar-refractivity contribution in [3.05, 3.63) is 52.0 Å². The Kier molecular flexibility index (Phi) is 4.61. The maximum absolute atomic E-state index is 11.7. The second kappa shape index (κ2) is 6.42. The summed E-state index contributed by atoms with van der Waals surface area (Å²) in [5.74, 6) is 1.21. The van der Waals surface area contributed by atoms with E-state index in [1.807, 2.05) is 6.07 Å². The Morgan fingerprint density at radius 2 is 1.90 bits per heavy atom. The van der Waals surface area contributed by atoms with Crippen molar-refractivity contribution < 1.29 is 14.3 Å². The Morgan fingerprint density at radius 1 is 1.14 bits per heavy atom. The Hall–Kier alpha value is -2.32. The van der Waals surface area contributed by atoms with Crippen molar-refractivity contribution in [2.75, 3.05) is 7.11 Å². The van der Waals surface area contributed by atoms with Crippen LogP contribution in [-0.4, -0.2) is 12.9 Å². The maximum Gasteiger partial charge on any atom is 0.169 e. The van der Waals surface area contributed by atoms with E-state index in [0.29, 0.717) is 28.4 Å². The standard InChI is InChI=1S/C16H12BrNO3/c1-10(19)13-5-4-12(17)8-15(13)21-14-6-3-11(9-18)7-16(14)20-2/h3-8H,1-2H3. The van der Waals surface area contributed by atoms with Gasteiger partial charge >= 0.3 is 0 Å². The molecule has 0 aromatic heterocycles. The minimum Gasteiger partial charge on any atom is -0.493 e. The fourth-order valence-electron chi connectivity index (χ4n) is 1.81. The number of rotatable bonds is 4. The van der Waals surface area contributed by atoms with Gasteiger partial charge in [0, 0.05) is 10.5 Å². The summed E-state index contributed by atoms with van der Waals surface area (Å²) in [7, 11) is 1.50. The number of hydrogen-bond donors (Lipinski definition) is 0. The first-order chi connectivity index (χ1) is 10.0. The van der Waals surface area contributed by atoms with Crippen LogP contribution in [0, 0.1) is 11.3 Å². The molecule has 0 N–H and O–H groups in total.